The number of hydrogen-bond acceptors (Lipinski definition) is 3. The average molecular weight is 333 g/mol. The molecule has 0 fully saturated rings. The lowest BCUT2D eigenvalue weighted by atomic mass is 10.1. The van der Waals surface area contributed by atoms with E-state index >= 15 is 0 Å². The van der Waals surface area contributed by atoms with Gasteiger partial charge in [-0.2, -0.15) is 0 Å². The maximum atomic E-state index is 11.8. The van der Waals surface area contributed by atoms with E-state index in [1.807, 2.05) is 6.08 Å². The molecule has 0 aromatic carbocycles. The zero-order chi connectivity index (χ0) is 16.8. The topological polar surface area (TPSA) is 71.4 Å². The predicted octanol–water partition coefficient (Wildman–Crippen LogP) is 4.70. The number of allylic oxidation sites excluding steroid dienone is 2. The molecule has 4 nitrogen and oxygen atoms in total. The second-order valence-corrected chi connectivity index (χ2v) is 8.02. The van der Waals surface area contributed by atoms with E-state index in [4.69, 9.17) is 5.11 Å². The van der Waals surface area contributed by atoms with Crippen LogP contribution in [-0.2, 0) is 14.6 Å². The second kappa shape index (κ2) is 12.7. The number of carboxylic acid groups (broad SMARTS) is 1. The number of carboxylic acids is 1. The van der Waals surface area contributed by atoms with Crippen molar-refractivity contribution in [2.24, 2.45) is 0 Å². The van der Waals surface area contributed by atoms with Crippen molar-refractivity contribution in [2.45, 2.75) is 84.0 Å². The molecule has 0 spiro atoms. The Kier molecular flexibility index (Phi) is 12.2. The van der Waals surface area contributed by atoms with Gasteiger partial charge in [0.15, 0.2) is 9.84 Å². The highest BCUT2D eigenvalue weighted by Gasteiger charge is 2.10. The lowest BCUT2D eigenvalue weighted by Gasteiger charge is -2.06. The van der Waals surface area contributed by atoms with Gasteiger partial charge in [0, 0.05) is 17.6 Å². The highest BCUT2D eigenvalue weighted by atomic mass is 32.2. The van der Waals surface area contributed by atoms with E-state index in [9.17, 15) is 13.2 Å². The SMILES string of the molecule is CCCCCC/C=C(/CCCCCCCC(=O)O)S(C)(=O)=O. The van der Waals surface area contributed by atoms with E-state index < -0.39 is 15.8 Å². The Morgan fingerprint density at radius 3 is 2.00 bits per heavy atom. The smallest absolute Gasteiger partial charge is 0.303 e. The van der Waals surface area contributed by atoms with Crippen LogP contribution in [0.5, 0.6) is 0 Å². The fourth-order valence-electron chi connectivity index (χ4n) is 2.38. The molecule has 0 unspecified atom stereocenters. The molecule has 0 amide bonds. The number of aliphatic carboxylic acids is 1. The predicted molar refractivity (Wildman–Crippen MR) is 91.6 cm³/mol. The molecule has 0 atom stereocenters. The molecule has 0 saturated heterocycles. The molecule has 0 saturated carbocycles. The summed E-state index contributed by atoms with van der Waals surface area (Å²) in [6.45, 7) is 2.16. The largest absolute Gasteiger partial charge is 0.481 e. The zero-order valence-electron chi connectivity index (χ0n) is 14.1. The first-order valence-electron chi connectivity index (χ1n) is 8.48. The summed E-state index contributed by atoms with van der Waals surface area (Å²) in [4.78, 5) is 11.0. The summed E-state index contributed by atoms with van der Waals surface area (Å²) in [5, 5.41) is 8.54. The van der Waals surface area contributed by atoms with Crippen molar-refractivity contribution in [3.8, 4) is 0 Å². The molecule has 0 bridgehead atoms. The van der Waals surface area contributed by atoms with E-state index in [0.29, 0.717) is 17.7 Å². The Morgan fingerprint density at radius 1 is 0.909 bits per heavy atom. The van der Waals surface area contributed by atoms with Gasteiger partial charge in [-0.05, 0) is 32.1 Å². The molecular weight excluding hydrogens is 300 g/mol. The van der Waals surface area contributed by atoms with E-state index in [1.54, 1.807) is 0 Å². The zero-order valence-corrected chi connectivity index (χ0v) is 15.0. The average Bonchev–Trinajstić information content (AvgIpc) is 2.42. The molecule has 1 N–H and O–H groups in total. The van der Waals surface area contributed by atoms with Crippen molar-refractivity contribution in [3.63, 3.8) is 0 Å². The fourth-order valence-corrected chi connectivity index (χ4v) is 3.31. The minimum absolute atomic E-state index is 0.228. The van der Waals surface area contributed by atoms with Crippen LogP contribution in [0.3, 0.4) is 0 Å². The van der Waals surface area contributed by atoms with Crippen LogP contribution >= 0.6 is 0 Å². The molecule has 0 aliphatic rings. The van der Waals surface area contributed by atoms with Gasteiger partial charge in [0.1, 0.15) is 0 Å². The van der Waals surface area contributed by atoms with Crippen LogP contribution in [0.15, 0.2) is 11.0 Å². The number of rotatable bonds is 14. The van der Waals surface area contributed by atoms with Crippen molar-refractivity contribution in [3.05, 3.63) is 11.0 Å². The molecule has 0 aliphatic carbocycles. The number of carbonyl (C=O) groups is 1. The highest BCUT2D eigenvalue weighted by molar-refractivity contribution is 7.94. The summed E-state index contributed by atoms with van der Waals surface area (Å²) in [6, 6.07) is 0. The van der Waals surface area contributed by atoms with Crippen LogP contribution in [0.25, 0.3) is 0 Å². The maximum Gasteiger partial charge on any atom is 0.303 e. The maximum absolute atomic E-state index is 11.8. The van der Waals surface area contributed by atoms with Crippen molar-refractivity contribution in [1.82, 2.24) is 0 Å². The van der Waals surface area contributed by atoms with Gasteiger partial charge in [-0.25, -0.2) is 8.42 Å². The lowest BCUT2D eigenvalue weighted by Crippen LogP contribution is -2.01. The fraction of sp³-hybridized carbons (Fsp3) is 0.824. The second-order valence-electron chi connectivity index (χ2n) is 5.95. The molecule has 0 aromatic rings. The quantitative estimate of drug-likeness (QED) is 0.468. The van der Waals surface area contributed by atoms with Crippen LogP contribution in [-0.4, -0.2) is 25.7 Å². The number of sulfone groups is 1. The standard InChI is InChI=1S/C17H32O4S/c1-3-4-5-7-10-13-16(22(2,20)21)14-11-8-6-9-12-15-17(18)19/h13H,3-12,14-15H2,1-2H3,(H,18,19)/b16-13-. The van der Waals surface area contributed by atoms with E-state index in [-0.39, 0.29) is 6.42 Å². The summed E-state index contributed by atoms with van der Waals surface area (Å²) < 4.78 is 23.5. The van der Waals surface area contributed by atoms with Gasteiger partial charge in [0.2, 0.25) is 0 Å². The summed E-state index contributed by atoms with van der Waals surface area (Å²) in [6.07, 6.45) is 13.9. The van der Waals surface area contributed by atoms with E-state index in [2.05, 4.69) is 6.92 Å². The number of unbranched alkanes of at least 4 members (excludes halogenated alkanes) is 8. The van der Waals surface area contributed by atoms with Gasteiger partial charge in [0.25, 0.3) is 0 Å². The first kappa shape index (κ1) is 21.2. The van der Waals surface area contributed by atoms with Gasteiger partial charge in [-0.1, -0.05) is 51.5 Å². The highest BCUT2D eigenvalue weighted by Crippen LogP contribution is 2.18. The molecule has 5 heteroatoms. The lowest BCUT2D eigenvalue weighted by molar-refractivity contribution is -0.137. The summed E-state index contributed by atoms with van der Waals surface area (Å²) >= 11 is 0. The molecule has 22 heavy (non-hydrogen) atoms. The van der Waals surface area contributed by atoms with Crippen molar-refractivity contribution < 1.29 is 18.3 Å². The summed E-state index contributed by atoms with van der Waals surface area (Å²) in [5.41, 5.74) is 0. The van der Waals surface area contributed by atoms with Crippen molar-refractivity contribution in [1.29, 1.82) is 0 Å². The van der Waals surface area contributed by atoms with Crippen molar-refractivity contribution >= 4 is 15.8 Å². The molecule has 0 heterocycles. The third-order valence-electron chi connectivity index (χ3n) is 3.72. The summed E-state index contributed by atoms with van der Waals surface area (Å²) in [5.74, 6) is -0.745. The molecular formula is C17H32O4S. The molecule has 130 valence electrons. The molecule has 0 aliphatic heterocycles. The number of hydrogen-bond donors (Lipinski definition) is 1. The van der Waals surface area contributed by atoms with Crippen molar-refractivity contribution in [2.75, 3.05) is 6.26 Å². The van der Waals surface area contributed by atoms with Crippen LogP contribution in [0.4, 0.5) is 0 Å². The minimum atomic E-state index is -3.08. The minimum Gasteiger partial charge on any atom is -0.481 e. The molecule has 0 rings (SSSR count). The first-order chi connectivity index (χ1) is 10.4. The van der Waals surface area contributed by atoms with Crippen LogP contribution < -0.4 is 0 Å². The Bertz CT molecular complexity index is 424. The monoisotopic (exact) mass is 332 g/mol. The normalized spacial score (nSPS) is 12.5. The van der Waals surface area contributed by atoms with Gasteiger partial charge in [0.05, 0.1) is 0 Å². The van der Waals surface area contributed by atoms with Crippen LogP contribution in [0, 0.1) is 0 Å². The Morgan fingerprint density at radius 2 is 1.45 bits per heavy atom. The van der Waals surface area contributed by atoms with Crippen LogP contribution in [0.1, 0.15) is 84.0 Å². The molecule has 0 radical (unpaired) electrons. The van der Waals surface area contributed by atoms with Gasteiger partial charge >= 0.3 is 5.97 Å². The third-order valence-corrected chi connectivity index (χ3v) is 5.04. The van der Waals surface area contributed by atoms with Crippen LogP contribution in [0.2, 0.25) is 0 Å². The summed E-state index contributed by atoms with van der Waals surface area (Å²) in [7, 11) is -3.08. The Hall–Kier alpha value is -0.840. The first-order valence-corrected chi connectivity index (χ1v) is 10.4. The third kappa shape index (κ3) is 12.9. The van der Waals surface area contributed by atoms with E-state index in [1.165, 1.54) is 19.1 Å². The van der Waals surface area contributed by atoms with Gasteiger partial charge in [-0.3, -0.25) is 4.79 Å². The van der Waals surface area contributed by atoms with Gasteiger partial charge in [-0.15, -0.1) is 0 Å². The Labute approximate surface area is 135 Å². The molecule has 0 aromatic heterocycles. The Balaban J connectivity index is 3.96. The van der Waals surface area contributed by atoms with Gasteiger partial charge < -0.3 is 5.11 Å². The van der Waals surface area contributed by atoms with E-state index in [0.717, 1.165) is 44.9 Å².